The van der Waals surface area contributed by atoms with E-state index in [4.69, 9.17) is 22.6 Å². The predicted octanol–water partition coefficient (Wildman–Crippen LogP) is -0.777. The molecule has 0 bridgehead atoms. The molecule has 0 spiro atoms. The Morgan fingerprint density at radius 2 is 1.43 bits per heavy atom. The molecule has 35 heavy (non-hydrogen) atoms. The first-order valence-electron chi connectivity index (χ1n) is 11.2. The maximum Gasteiger partial charge on any atom is 0.243 e. The Morgan fingerprint density at radius 1 is 0.857 bits per heavy atom. The van der Waals surface area contributed by atoms with Gasteiger partial charge in [0.1, 0.15) is 17.8 Å². The topological polar surface area (TPSA) is 209 Å². The van der Waals surface area contributed by atoms with Crippen LogP contribution in [0.25, 0.3) is 0 Å². The van der Waals surface area contributed by atoms with Crippen molar-refractivity contribution in [1.29, 1.82) is 5.41 Å². The van der Waals surface area contributed by atoms with Crippen molar-refractivity contribution in [2.75, 3.05) is 6.54 Å². The van der Waals surface area contributed by atoms with Gasteiger partial charge in [-0.3, -0.25) is 19.8 Å². The summed E-state index contributed by atoms with van der Waals surface area (Å²) in [5.74, 6) is -1.93. The van der Waals surface area contributed by atoms with Crippen LogP contribution in [-0.4, -0.2) is 53.5 Å². The second kappa shape index (κ2) is 13.6. The van der Waals surface area contributed by atoms with Crippen LogP contribution < -0.4 is 33.2 Å². The lowest BCUT2D eigenvalue weighted by Gasteiger charge is -2.23. The highest BCUT2D eigenvalue weighted by atomic mass is 16.3. The molecule has 0 aliphatic heterocycles. The van der Waals surface area contributed by atoms with Crippen molar-refractivity contribution in [1.82, 2.24) is 16.0 Å². The normalized spacial score (nSPS) is 13.2. The second-order valence-electron chi connectivity index (χ2n) is 8.17. The molecule has 0 saturated carbocycles. The Bertz CT molecular complexity index is 999. The van der Waals surface area contributed by atoms with E-state index in [1.807, 2.05) is 30.3 Å². The van der Waals surface area contributed by atoms with E-state index in [-0.39, 0.29) is 24.6 Å². The molecule has 0 fully saturated rings. The Kier molecular flexibility index (Phi) is 10.5. The third-order valence-corrected chi connectivity index (χ3v) is 5.30. The average molecular weight is 484 g/mol. The molecule has 3 atom stereocenters. The molecule has 0 heterocycles. The third kappa shape index (κ3) is 9.72. The minimum absolute atomic E-state index is 0.0663. The van der Waals surface area contributed by atoms with Crippen molar-refractivity contribution < 1.29 is 19.5 Å². The van der Waals surface area contributed by atoms with Gasteiger partial charge < -0.3 is 38.3 Å². The minimum Gasteiger partial charge on any atom is -0.508 e. The van der Waals surface area contributed by atoms with Crippen LogP contribution in [0.4, 0.5) is 0 Å². The molecule has 11 nitrogen and oxygen atoms in total. The molecule has 0 aliphatic carbocycles. The summed E-state index contributed by atoms with van der Waals surface area (Å²) in [6, 6.07) is 12.4. The number of amides is 3. The summed E-state index contributed by atoms with van der Waals surface area (Å²) in [6.45, 7) is 0.382. The number of guanidine groups is 1. The molecular weight excluding hydrogens is 450 g/mol. The van der Waals surface area contributed by atoms with Crippen molar-refractivity contribution >= 4 is 23.7 Å². The van der Waals surface area contributed by atoms with Crippen molar-refractivity contribution in [3.63, 3.8) is 0 Å². The zero-order chi connectivity index (χ0) is 25.8. The molecule has 0 unspecified atom stereocenters. The monoisotopic (exact) mass is 483 g/mol. The number of benzene rings is 2. The number of hydrogen-bond donors (Lipinski definition) is 8. The van der Waals surface area contributed by atoms with Gasteiger partial charge in [0.15, 0.2) is 5.96 Å². The van der Waals surface area contributed by atoms with E-state index in [0.29, 0.717) is 24.9 Å². The van der Waals surface area contributed by atoms with Crippen LogP contribution in [0.2, 0.25) is 0 Å². The molecule has 2 rings (SSSR count). The fourth-order valence-corrected chi connectivity index (χ4v) is 3.38. The summed E-state index contributed by atoms with van der Waals surface area (Å²) < 4.78 is 0. The highest BCUT2D eigenvalue weighted by Gasteiger charge is 2.27. The van der Waals surface area contributed by atoms with Gasteiger partial charge >= 0.3 is 0 Å². The largest absolute Gasteiger partial charge is 0.508 e. The summed E-state index contributed by atoms with van der Waals surface area (Å²) in [5.41, 5.74) is 18.2. The third-order valence-electron chi connectivity index (χ3n) is 5.30. The van der Waals surface area contributed by atoms with E-state index in [1.54, 1.807) is 12.1 Å². The average Bonchev–Trinajstić information content (AvgIpc) is 2.82. The second-order valence-corrected chi connectivity index (χ2v) is 8.17. The molecule has 0 aromatic heterocycles. The minimum atomic E-state index is -1.04. The summed E-state index contributed by atoms with van der Waals surface area (Å²) in [6.07, 6.45) is 1.10. The van der Waals surface area contributed by atoms with Gasteiger partial charge in [-0.2, -0.15) is 0 Å². The van der Waals surface area contributed by atoms with Crippen LogP contribution in [0, 0.1) is 5.41 Å². The van der Waals surface area contributed by atoms with Crippen LogP contribution in [0.5, 0.6) is 5.75 Å². The predicted molar refractivity (Wildman–Crippen MR) is 132 cm³/mol. The van der Waals surface area contributed by atoms with Gasteiger partial charge in [-0.1, -0.05) is 42.5 Å². The first kappa shape index (κ1) is 27.1. The van der Waals surface area contributed by atoms with E-state index in [0.717, 1.165) is 5.56 Å². The van der Waals surface area contributed by atoms with Crippen molar-refractivity contribution in [2.45, 2.75) is 43.8 Å². The Balaban J connectivity index is 2.10. The number of primary amides is 1. The standard InChI is InChI=1S/C24H33N7O4/c25-18(7-4-12-29-24(27)28)22(34)31-20(14-16-8-10-17(32)11-9-16)23(35)30-19(21(26)33)13-15-5-2-1-3-6-15/h1-3,5-6,8-11,18-20,32H,4,7,12-14,25H2,(H2,26,33)(H,30,35)(H,31,34)(H4,27,28,29)/t18-,19+,20+/m1/s1. The number of phenolic OH excluding ortho intramolecular Hbond substituents is 1. The lowest BCUT2D eigenvalue weighted by atomic mass is 10.0. The van der Waals surface area contributed by atoms with E-state index in [2.05, 4.69) is 16.0 Å². The maximum atomic E-state index is 13.1. The molecule has 0 saturated heterocycles. The fraction of sp³-hybridized carbons (Fsp3) is 0.333. The van der Waals surface area contributed by atoms with Crippen LogP contribution in [-0.2, 0) is 27.2 Å². The SMILES string of the molecule is N=C(N)NCCC[C@@H](N)C(=O)N[C@@H](Cc1ccc(O)cc1)C(=O)N[C@@H](Cc1ccccc1)C(N)=O. The summed E-state index contributed by atoms with van der Waals surface area (Å²) in [4.78, 5) is 37.9. The number of carbonyl (C=O) groups is 3. The van der Waals surface area contributed by atoms with Crippen LogP contribution in [0.15, 0.2) is 54.6 Å². The van der Waals surface area contributed by atoms with E-state index < -0.39 is 35.8 Å². The molecule has 0 radical (unpaired) electrons. The van der Waals surface area contributed by atoms with Gasteiger partial charge in [-0.05, 0) is 36.1 Å². The Morgan fingerprint density at radius 3 is 2.03 bits per heavy atom. The molecular formula is C24H33N7O4. The lowest BCUT2D eigenvalue weighted by Crippen LogP contribution is -2.56. The van der Waals surface area contributed by atoms with Crippen molar-refractivity contribution in [3.05, 3.63) is 65.7 Å². The highest BCUT2D eigenvalue weighted by Crippen LogP contribution is 2.12. The summed E-state index contributed by atoms with van der Waals surface area (Å²) in [5, 5.41) is 24.6. The molecule has 2 aromatic rings. The van der Waals surface area contributed by atoms with E-state index in [9.17, 15) is 19.5 Å². The zero-order valence-electron chi connectivity index (χ0n) is 19.4. The first-order valence-corrected chi connectivity index (χ1v) is 11.2. The summed E-state index contributed by atoms with van der Waals surface area (Å²) in [7, 11) is 0. The summed E-state index contributed by atoms with van der Waals surface area (Å²) >= 11 is 0. The van der Waals surface area contributed by atoms with E-state index >= 15 is 0 Å². The molecule has 0 aliphatic rings. The van der Waals surface area contributed by atoms with Gasteiger partial charge in [0, 0.05) is 19.4 Å². The van der Waals surface area contributed by atoms with Gasteiger partial charge in [-0.15, -0.1) is 0 Å². The number of aromatic hydroxyl groups is 1. The van der Waals surface area contributed by atoms with Crippen molar-refractivity contribution in [2.24, 2.45) is 17.2 Å². The van der Waals surface area contributed by atoms with Crippen LogP contribution in [0.3, 0.4) is 0 Å². The number of rotatable bonds is 13. The van der Waals surface area contributed by atoms with Gasteiger partial charge in [-0.25, -0.2) is 0 Å². The highest BCUT2D eigenvalue weighted by molar-refractivity contribution is 5.93. The molecule has 188 valence electrons. The zero-order valence-corrected chi connectivity index (χ0v) is 19.4. The van der Waals surface area contributed by atoms with Gasteiger partial charge in [0.25, 0.3) is 0 Å². The van der Waals surface area contributed by atoms with Crippen LogP contribution >= 0.6 is 0 Å². The van der Waals surface area contributed by atoms with Crippen LogP contribution in [0.1, 0.15) is 24.0 Å². The molecule has 11 heteroatoms. The number of carbonyl (C=O) groups excluding carboxylic acids is 3. The molecule has 3 amide bonds. The quantitative estimate of drug-likeness (QED) is 0.103. The number of hydrogen-bond acceptors (Lipinski definition) is 6. The number of phenols is 1. The number of nitrogens with two attached hydrogens (primary N) is 3. The van der Waals surface area contributed by atoms with Crippen molar-refractivity contribution in [3.8, 4) is 5.75 Å². The fourth-order valence-electron chi connectivity index (χ4n) is 3.38. The lowest BCUT2D eigenvalue weighted by molar-refractivity contribution is -0.131. The first-order chi connectivity index (χ1) is 16.7. The van der Waals surface area contributed by atoms with Gasteiger partial charge in [0.2, 0.25) is 17.7 Å². The molecule has 11 N–H and O–H groups in total. The maximum absolute atomic E-state index is 13.1. The Hall–Kier alpha value is -4.12. The van der Waals surface area contributed by atoms with Gasteiger partial charge in [0.05, 0.1) is 6.04 Å². The smallest absolute Gasteiger partial charge is 0.243 e. The van der Waals surface area contributed by atoms with E-state index in [1.165, 1.54) is 12.1 Å². The number of nitrogens with one attached hydrogen (secondary N) is 4. The molecule has 2 aromatic carbocycles. The Labute approximate surface area is 204 Å².